The number of allylic oxidation sites excluding steroid dienone is 1. The molecule has 1 aromatic rings. The minimum absolute atomic E-state index is 0.286. The molecule has 0 saturated carbocycles. The van der Waals surface area contributed by atoms with Crippen LogP contribution in [0.5, 0.6) is 0 Å². The van der Waals surface area contributed by atoms with Crippen molar-refractivity contribution in [1.82, 2.24) is 4.90 Å². The number of anilines is 1. The summed E-state index contributed by atoms with van der Waals surface area (Å²) in [5.41, 5.74) is 0.314. The predicted molar refractivity (Wildman–Crippen MR) is 96.0 cm³/mol. The van der Waals surface area contributed by atoms with Crippen LogP contribution in [0.25, 0.3) is 0 Å². The fourth-order valence-corrected chi connectivity index (χ4v) is 3.06. The molecule has 1 amide bonds. The number of ketones is 1. The van der Waals surface area contributed by atoms with Crippen molar-refractivity contribution in [2.75, 3.05) is 18.5 Å². The van der Waals surface area contributed by atoms with Gasteiger partial charge in [-0.05, 0) is 31.0 Å². The molecule has 1 aromatic carbocycles. The van der Waals surface area contributed by atoms with Gasteiger partial charge in [-0.2, -0.15) is 13.2 Å². The zero-order valence-electron chi connectivity index (χ0n) is 14.3. The van der Waals surface area contributed by atoms with Gasteiger partial charge in [0.15, 0.2) is 6.61 Å². The standard InChI is InChI=1S/C17H15Cl2F3N2O4/c18-10-6-11(19)8-12(7-10)23-15(26)9-28-16(27)13-2-1-4-24(13)5-3-14(25)17(20,21)22/h3,5-8,13H,1-2,4,9H2,(H,23,26)/t13-/m0/s1. The average Bonchev–Trinajstić information content (AvgIpc) is 3.04. The Bertz CT molecular complexity index is 779. The maximum Gasteiger partial charge on any atom is 0.454 e. The van der Waals surface area contributed by atoms with Gasteiger partial charge in [-0.15, -0.1) is 0 Å². The van der Waals surface area contributed by atoms with E-state index in [2.05, 4.69) is 5.32 Å². The van der Waals surface area contributed by atoms with E-state index in [0.717, 1.165) is 6.20 Å². The summed E-state index contributed by atoms with van der Waals surface area (Å²) in [7, 11) is 0. The lowest BCUT2D eigenvalue weighted by molar-refractivity contribution is -0.165. The van der Waals surface area contributed by atoms with Gasteiger partial charge >= 0.3 is 12.1 Å². The van der Waals surface area contributed by atoms with Gasteiger partial charge in [0.25, 0.3) is 11.7 Å². The molecule has 1 aliphatic heterocycles. The molecule has 152 valence electrons. The van der Waals surface area contributed by atoms with Gasteiger partial charge in [0.2, 0.25) is 0 Å². The average molecular weight is 439 g/mol. The number of hydrogen-bond acceptors (Lipinski definition) is 5. The second-order valence-electron chi connectivity index (χ2n) is 5.89. The van der Waals surface area contributed by atoms with E-state index in [-0.39, 0.29) is 6.54 Å². The molecule has 2 rings (SSSR count). The van der Waals surface area contributed by atoms with Crippen LogP contribution >= 0.6 is 23.2 Å². The fourth-order valence-electron chi connectivity index (χ4n) is 2.53. The lowest BCUT2D eigenvalue weighted by Crippen LogP contribution is -2.35. The molecule has 1 fully saturated rings. The number of carbonyl (C=O) groups excluding carboxylic acids is 3. The summed E-state index contributed by atoms with van der Waals surface area (Å²) >= 11 is 11.6. The number of ether oxygens (including phenoxy) is 1. The molecule has 6 nitrogen and oxygen atoms in total. The van der Waals surface area contributed by atoms with E-state index in [0.29, 0.717) is 34.7 Å². The number of nitrogens with one attached hydrogen (secondary N) is 1. The fraction of sp³-hybridized carbons (Fsp3) is 0.353. The minimum Gasteiger partial charge on any atom is -0.454 e. The third-order valence-corrected chi connectivity index (χ3v) is 4.19. The molecule has 1 atom stereocenters. The van der Waals surface area contributed by atoms with Crippen molar-refractivity contribution >= 4 is 46.5 Å². The van der Waals surface area contributed by atoms with E-state index in [9.17, 15) is 27.6 Å². The van der Waals surface area contributed by atoms with Crippen LogP contribution in [0.3, 0.4) is 0 Å². The lowest BCUT2D eigenvalue weighted by atomic mass is 10.2. The number of carbonyl (C=O) groups is 3. The Balaban J connectivity index is 1.88. The molecule has 0 bridgehead atoms. The number of alkyl halides is 3. The predicted octanol–water partition coefficient (Wildman–Crippen LogP) is 3.58. The Kier molecular flexibility index (Phi) is 7.31. The molecule has 1 aliphatic rings. The molecule has 0 aromatic heterocycles. The van der Waals surface area contributed by atoms with Crippen molar-refractivity contribution in [1.29, 1.82) is 0 Å². The summed E-state index contributed by atoms with van der Waals surface area (Å²) in [5.74, 6) is -3.44. The third kappa shape index (κ3) is 6.42. The monoisotopic (exact) mass is 438 g/mol. The van der Waals surface area contributed by atoms with Gasteiger partial charge in [0, 0.05) is 34.6 Å². The van der Waals surface area contributed by atoms with E-state index >= 15 is 0 Å². The van der Waals surface area contributed by atoms with Crippen LogP contribution in [0.15, 0.2) is 30.5 Å². The first kappa shape index (κ1) is 22.0. The minimum atomic E-state index is -4.98. The number of rotatable bonds is 6. The van der Waals surface area contributed by atoms with Gasteiger partial charge < -0.3 is 15.0 Å². The molecule has 0 unspecified atom stereocenters. The number of likely N-dealkylation sites (tertiary alicyclic amines) is 1. The lowest BCUT2D eigenvalue weighted by Gasteiger charge is -2.21. The summed E-state index contributed by atoms with van der Waals surface area (Å²) in [6.07, 6.45) is -2.84. The van der Waals surface area contributed by atoms with Gasteiger partial charge in [-0.1, -0.05) is 23.2 Å². The quantitative estimate of drug-likeness (QED) is 0.542. The van der Waals surface area contributed by atoms with Crippen molar-refractivity contribution < 1.29 is 32.3 Å². The van der Waals surface area contributed by atoms with Crippen LogP contribution < -0.4 is 5.32 Å². The van der Waals surface area contributed by atoms with Crippen LogP contribution in [-0.2, 0) is 19.1 Å². The number of amides is 1. The maximum absolute atomic E-state index is 12.2. The van der Waals surface area contributed by atoms with Crippen LogP contribution in [0, 0.1) is 0 Å². The normalized spacial score (nSPS) is 17.0. The smallest absolute Gasteiger partial charge is 0.454 e. The Morgan fingerprint density at radius 3 is 2.46 bits per heavy atom. The summed E-state index contributed by atoms with van der Waals surface area (Å²) < 4.78 is 41.7. The third-order valence-electron chi connectivity index (χ3n) is 3.75. The first-order valence-corrected chi connectivity index (χ1v) is 8.79. The highest BCUT2D eigenvalue weighted by Crippen LogP contribution is 2.23. The number of nitrogens with zero attached hydrogens (tertiary/aromatic N) is 1. The van der Waals surface area contributed by atoms with E-state index in [1.807, 2.05) is 0 Å². The Hall–Kier alpha value is -2.26. The highest BCUT2D eigenvalue weighted by atomic mass is 35.5. The SMILES string of the molecule is O=C(COC(=O)[C@@H]1CCCN1C=CC(=O)C(F)(F)F)Nc1cc(Cl)cc(Cl)c1. The van der Waals surface area contributed by atoms with E-state index in [4.69, 9.17) is 27.9 Å². The van der Waals surface area contributed by atoms with Crippen LogP contribution in [0.1, 0.15) is 12.8 Å². The maximum atomic E-state index is 12.2. The highest BCUT2D eigenvalue weighted by molar-refractivity contribution is 6.35. The molecular weight excluding hydrogens is 424 g/mol. The topological polar surface area (TPSA) is 75.7 Å². The van der Waals surface area contributed by atoms with E-state index < -0.39 is 36.5 Å². The van der Waals surface area contributed by atoms with Crippen molar-refractivity contribution in [2.24, 2.45) is 0 Å². The Morgan fingerprint density at radius 1 is 1.21 bits per heavy atom. The largest absolute Gasteiger partial charge is 0.454 e. The van der Waals surface area contributed by atoms with Crippen molar-refractivity contribution in [3.63, 3.8) is 0 Å². The molecule has 0 radical (unpaired) electrons. The molecular formula is C17H15Cl2F3N2O4. The van der Waals surface area contributed by atoms with E-state index in [1.165, 1.54) is 23.1 Å². The van der Waals surface area contributed by atoms with Crippen LogP contribution in [0.2, 0.25) is 10.0 Å². The molecule has 11 heteroatoms. The van der Waals surface area contributed by atoms with Crippen LogP contribution in [-0.4, -0.2) is 47.9 Å². The number of esters is 1. The van der Waals surface area contributed by atoms with Gasteiger partial charge in [-0.25, -0.2) is 4.79 Å². The first-order valence-electron chi connectivity index (χ1n) is 8.04. The first-order chi connectivity index (χ1) is 13.1. The van der Waals surface area contributed by atoms with Crippen molar-refractivity contribution in [3.8, 4) is 0 Å². The second kappa shape index (κ2) is 9.29. The Labute approximate surface area is 168 Å². The molecule has 0 spiro atoms. The van der Waals surface area contributed by atoms with Gasteiger partial charge in [0.05, 0.1) is 0 Å². The van der Waals surface area contributed by atoms with E-state index in [1.54, 1.807) is 0 Å². The summed E-state index contributed by atoms with van der Waals surface area (Å²) in [5, 5.41) is 3.07. The summed E-state index contributed by atoms with van der Waals surface area (Å²) in [6, 6.07) is 3.51. The van der Waals surface area contributed by atoms with Crippen molar-refractivity contribution in [2.45, 2.75) is 25.1 Å². The molecule has 1 saturated heterocycles. The highest BCUT2D eigenvalue weighted by Gasteiger charge is 2.37. The van der Waals surface area contributed by atoms with Gasteiger partial charge in [0.1, 0.15) is 6.04 Å². The molecule has 1 N–H and O–H groups in total. The zero-order valence-corrected chi connectivity index (χ0v) is 15.8. The summed E-state index contributed by atoms with van der Waals surface area (Å²) in [4.78, 5) is 36.2. The number of benzene rings is 1. The molecule has 28 heavy (non-hydrogen) atoms. The molecule has 0 aliphatic carbocycles. The summed E-state index contributed by atoms with van der Waals surface area (Å²) in [6.45, 7) is -0.312. The number of halogens is 5. The zero-order chi connectivity index (χ0) is 20.9. The van der Waals surface area contributed by atoms with Crippen LogP contribution in [0.4, 0.5) is 18.9 Å². The number of hydrogen-bond donors (Lipinski definition) is 1. The van der Waals surface area contributed by atoms with Gasteiger partial charge in [-0.3, -0.25) is 9.59 Å². The molecule has 1 heterocycles. The Morgan fingerprint density at radius 2 is 1.86 bits per heavy atom. The second-order valence-corrected chi connectivity index (χ2v) is 6.76. The van der Waals surface area contributed by atoms with Crippen molar-refractivity contribution in [3.05, 3.63) is 40.5 Å².